The van der Waals surface area contributed by atoms with Gasteiger partial charge in [-0.1, -0.05) is 18.2 Å². The van der Waals surface area contributed by atoms with E-state index in [4.69, 9.17) is 4.74 Å². The lowest BCUT2D eigenvalue weighted by molar-refractivity contribution is 0.0760. The van der Waals surface area contributed by atoms with Gasteiger partial charge in [0.15, 0.2) is 0 Å². The maximum atomic E-state index is 12.4. The number of amides is 2. The van der Waals surface area contributed by atoms with E-state index in [-0.39, 0.29) is 12.0 Å². The zero-order valence-electron chi connectivity index (χ0n) is 12.7. The summed E-state index contributed by atoms with van der Waals surface area (Å²) in [5.41, 5.74) is 0.718. The van der Waals surface area contributed by atoms with Crippen LogP contribution in [0, 0.1) is 0 Å². The summed E-state index contributed by atoms with van der Waals surface area (Å²) < 4.78 is 5.36. The first-order chi connectivity index (χ1) is 11.2. The molecule has 0 aliphatic carbocycles. The minimum absolute atomic E-state index is 0.0320. The first kappa shape index (κ1) is 15.6. The molecule has 6 heteroatoms. The minimum atomic E-state index is -0.360. The molecule has 0 spiro atoms. The first-order valence-corrected chi connectivity index (χ1v) is 8.51. The number of ether oxygens (including phenoxy) is 1. The Hall–Kier alpha value is -2.34. The van der Waals surface area contributed by atoms with Gasteiger partial charge < -0.3 is 14.5 Å². The molecule has 0 radical (unpaired) electrons. The summed E-state index contributed by atoms with van der Waals surface area (Å²) in [6.07, 6.45) is 0.390. The third-order valence-electron chi connectivity index (χ3n) is 3.76. The smallest absolute Gasteiger partial charge is 0.410 e. The average Bonchev–Trinajstić information content (AvgIpc) is 2.99. The lowest BCUT2D eigenvalue weighted by Crippen LogP contribution is -2.38. The van der Waals surface area contributed by atoms with E-state index in [2.05, 4.69) is 0 Å². The Kier molecular flexibility index (Phi) is 4.92. The van der Waals surface area contributed by atoms with Crippen molar-refractivity contribution in [3.63, 3.8) is 0 Å². The maximum Gasteiger partial charge on any atom is 0.415 e. The van der Waals surface area contributed by atoms with Gasteiger partial charge in [-0.05, 0) is 30.0 Å². The summed E-state index contributed by atoms with van der Waals surface area (Å²) in [4.78, 5) is 28.1. The fourth-order valence-electron chi connectivity index (χ4n) is 2.53. The molecule has 0 atom stereocenters. The lowest BCUT2D eigenvalue weighted by Gasteiger charge is -2.21. The van der Waals surface area contributed by atoms with Crippen molar-refractivity contribution in [2.75, 3.05) is 26.2 Å². The van der Waals surface area contributed by atoms with E-state index in [1.165, 1.54) is 11.3 Å². The number of thiophene rings is 1. The van der Waals surface area contributed by atoms with Crippen molar-refractivity contribution in [3.8, 4) is 5.75 Å². The lowest BCUT2D eigenvalue weighted by atomic mass is 10.3. The van der Waals surface area contributed by atoms with Crippen LogP contribution < -0.4 is 4.74 Å². The third kappa shape index (κ3) is 3.90. The molecule has 3 rings (SSSR count). The Balaban J connectivity index is 1.58. The number of rotatable bonds is 2. The van der Waals surface area contributed by atoms with E-state index in [0.29, 0.717) is 31.9 Å². The molecule has 1 fully saturated rings. The first-order valence-electron chi connectivity index (χ1n) is 7.57. The van der Waals surface area contributed by atoms with Gasteiger partial charge in [0, 0.05) is 31.6 Å². The molecular weight excluding hydrogens is 312 g/mol. The number of carbonyl (C=O) groups is 2. The van der Waals surface area contributed by atoms with Crippen molar-refractivity contribution < 1.29 is 14.3 Å². The van der Waals surface area contributed by atoms with Crippen LogP contribution in [0.4, 0.5) is 4.79 Å². The minimum Gasteiger partial charge on any atom is -0.410 e. The molecule has 0 N–H and O–H groups in total. The average molecular weight is 330 g/mol. The molecule has 1 aliphatic rings. The molecule has 1 saturated heterocycles. The molecule has 120 valence electrons. The largest absolute Gasteiger partial charge is 0.415 e. The van der Waals surface area contributed by atoms with E-state index in [1.807, 2.05) is 35.0 Å². The van der Waals surface area contributed by atoms with E-state index in [1.54, 1.807) is 21.9 Å². The van der Waals surface area contributed by atoms with Gasteiger partial charge in [-0.15, -0.1) is 0 Å². The van der Waals surface area contributed by atoms with Crippen LogP contribution in [-0.2, 0) is 0 Å². The van der Waals surface area contributed by atoms with Gasteiger partial charge in [0.1, 0.15) is 5.75 Å². The molecular formula is C17H18N2O3S. The molecule has 1 aromatic carbocycles. The summed E-state index contributed by atoms with van der Waals surface area (Å²) in [6.45, 7) is 2.27. The summed E-state index contributed by atoms with van der Waals surface area (Å²) in [5.74, 6) is 0.567. The highest BCUT2D eigenvalue weighted by atomic mass is 32.1. The van der Waals surface area contributed by atoms with Crippen LogP contribution in [-0.4, -0.2) is 48.0 Å². The molecule has 1 aliphatic heterocycles. The molecule has 23 heavy (non-hydrogen) atoms. The van der Waals surface area contributed by atoms with Crippen LogP contribution in [0.1, 0.15) is 16.8 Å². The van der Waals surface area contributed by atoms with Gasteiger partial charge in [0.2, 0.25) is 0 Å². The third-order valence-corrected chi connectivity index (χ3v) is 4.44. The second-order valence-electron chi connectivity index (χ2n) is 5.33. The van der Waals surface area contributed by atoms with Crippen LogP contribution in [0.5, 0.6) is 5.75 Å². The molecule has 0 unspecified atom stereocenters. The highest BCUT2D eigenvalue weighted by molar-refractivity contribution is 7.08. The zero-order chi connectivity index (χ0) is 16.1. The fraction of sp³-hybridized carbons (Fsp3) is 0.294. The number of carbonyl (C=O) groups excluding carboxylic acids is 2. The van der Waals surface area contributed by atoms with Gasteiger partial charge in [0.05, 0.1) is 5.56 Å². The van der Waals surface area contributed by atoms with E-state index >= 15 is 0 Å². The van der Waals surface area contributed by atoms with Crippen LogP contribution >= 0.6 is 11.3 Å². The van der Waals surface area contributed by atoms with E-state index < -0.39 is 0 Å². The Morgan fingerprint density at radius 2 is 1.70 bits per heavy atom. The fourth-order valence-corrected chi connectivity index (χ4v) is 3.16. The van der Waals surface area contributed by atoms with Crippen LogP contribution in [0.3, 0.4) is 0 Å². The molecule has 0 saturated carbocycles. The molecule has 1 aromatic heterocycles. The van der Waals surface area contributed by atoms with E-state index in [9.17, 15) is 9.59 Å². The quantitative estimate of drug-likeness (QED) is 0.850. The maximum absolute atomic E-state index is 12.4. The van der Waals surface area contributed by atoms with Gasteiger partial charge >= 0.3 is 6.09 Å². The standard InChI is InChI=1S/C17H18N2O3S/c20-16(14-7-12-23-13-14)18-8-4-9-19(11-10-18)17(21)22-15-5-2-1-3-6-15/h1-3,5-7,12-13H,4,8-11H2. The predicted octanol–water partition coefficient (Wildman–Crippen LogP) is 3.10. The van der Waals surface area contributed by atoms with Crippen LogP contribution in [0.15, 0.2) is 47.2 Å². The summed E-state index contributed by atoms with van der Waals surface area (Å²) in [5, 5.41) is 3.75. The second kappa shape index (κ2) is 7.28. The van der Waals surface area contributed by atoms with Gasteiger partial charge in [-0.3, -0.25) is 4.79 Å². The predicted molar refractivity (Wildman–Crippen MR) is 88.9 cm³/mol. The Morgan fingerprint density at radius 1 is 0.957 bits per heavy atom. The Bertz CT molecular complexity index is 658. The summed E-state index contributed by atoms with van der Waals surface area (Å²) in [6, 6.07) is 10.9. The van der Waals surface area contributed by atoms with Crippen molar-refractivity contribution in [2.45, 2.75) is 6.42 Å². The molecule has 0 bridgehead atoms. The van der Waals surface area contributed by atoms with Crippen molar-refractivity contribution in [2.24, 2.45) is 0 Å². The molecule has 2 aromatic rings. The SMILES string of the molecule is O=C(Oc1ccccc1)N1CCCN(C(=O)c2ccsc2)CC1. The molecule has 2 amide bonds. The van der Waals surface area contributed by atoms with Gasteiger partial charge in [-0.25, -0.2) is 4.79 Å². The van der Waals surface area contributed by atoms with E-state index in [0.717, 1.165) is 12.0 Å². The number of hydrogen-bond acceptors (Lipinski definition) is 4. The highest BCUT2D eigenvalue weighted by Gasteiger charge is 2.24. The second-order valence-corrected chi connectivity index (χ2v) is 6.11. The monoisotopic (exact) mass is 330 g/mol. The van der Waals surface area contributed by atoms with Crippen molar-refractivity contribution in [1.82, 2.24) is 9.80 Å². The van der Waals surface area contributed by atoms with Crippen LogP contribution in [0.2, 0.25) is 0 Å². The number of nitrogens with zero attached hydrogens (tertiary/aromatic N) is 2. The Morgan fingerprint density at radius 3 is 2.43 bits per heavy atom. The van der Waals surface area contributed by atoms with Gasteiger partial charge in [-0.2, -0.15) is 11.3 Å². The topological polar surface area (TPSA) is 49.9 Å². The van der Waals surface area contributed by atoms with Gasteiger partial charge in [0.25, 0.3) is 5.91 Å². The zero-order valence-corrected chi connectivity index (χ0v) is 13.5. The normalized spacial score (nSPS) is 15.1. The molecule has 2 heterocycles. The summed E-state index contributed by atoms with van der Waals surface area (Å²) in [7, 11) is 0. The van der Waals surface area contributed by atoms with Crippen molar-refractivity contribution >= 4 is 23.3 Å². The number of benzene rings is 1. The Labute approximate surface area is 139 Å². The number of para-hydroxylation sites is 1. The summed E-state index contributed by atoms with van der Waals surface area (Å²) >= 11 is 1.51. The highest BCUT2D eigenvalue weighted by Crippen LogP contribution is 2.14. The molecule has 5 nitrogen and oxygen atoms in total. The van der Waals surface area contributed by atoms with Crippen molar-refractivity contribution in [3.05, 3.63) is 52.7 Å². The van der Waals surface area contributed by atoms with Crippen molar-refractivity contribution in [1.29, 1.82) is 0 Å². The van der Waals surface area contributed by atoms with Crippen LogP contribution in [0.25, 0.3) is 0 Å². The number of hydrogen-bond donors (Lipinski definition) is 0.